The molecule has 1 N–H and O–H groups in total. The van der Waals surface area contributed by atoms with Gasteiger partial charge in [0.25, 0.3) is 0 Å². The number of thiazole rings is 1. The highest BCUT2D eigenvalue weighted by molar-refractivity contribution is 7.84. The number of nitrogens with one attached hydrogen (secondary N) is 1. The SMILES string of the molecule is CN(C=O)c1ccccc1Nc1nc(S(C)=O)cs1. The molecule has 1 aromatic heterocycles. The van der Waals surface area contributed by atoms with E-state index >= 15 is 0 Å². The normalized spacial score (nSPS) is 11.9. The number of aromatic nitrogens is 1. The Kier molecular flexibility index (Phi) is 4.28. The van der Waals surface area contributed by atoms with Gasteiger partial charge in [0.05, 0.1) is 22.2 Å². The maximum absolute atomic E-state index is 11.3. The molecule has 2 aromatic rings. The molecule has 1 aromatic carbocycles. The number of amides is 1. The van der Waals surface area contributed by atoms with Gasteiger partial charge in [-0.05, 0) is 12.1 Å². The van der Waals surface area contributed by atoms with Crippen molar-refractivity contribution in [3.05, 3.63) is 29.6 Å². The van der Waals surface area contributed by atoms with Gasteiger partial charge in [-0.3, -0.25) is 9.00 Å². The lowest BCUT2D eigenvalue weighted by atomic mass is 10.2. The van der Waals surface area contributed by atoms with E-state index < -0.39 is 10.8 Å². The van der Waals surface area contributed by atoms with E-state index in [2.05, 4.69) is 10.3 Å². The maximum Gasteiger partial charge on any atom is 0.213 e. The van der Waals surface area contributed by atoms with E-state index in [0.717, 1.165) is 17.8 Å². The van der Waals surface area contributed by atoms with E-state index in [9.17, 15) is 9.00 Å². The first-order chi connectivity index (χ1) is 9.11. The summed E-state index contributed by atoms with van der Waals surface area (Å²) in [6.07, 6.45) is 2.34. The number of anilines is 3. The van der Waals surface area contributed by atoms with Crippen LogP contribution < -0.4 is 10.2 Å². The summed E-state index contributed by atoms with van der Waals surface area (Å²) >= 11 is 1.38. The van der Waals surface area contributed by atoms with Crippen LogP contribution in [0, 0.1) is 0 Å². The van der Waals surface area contributed by atoms with Gasteiger partial charge in [-0.25, -0.2) is 4.98 Å². The van der Waals surface area contributed by atoms with Crippen LogP contribution in [0.5, 0.6) is 0 Å². The Labute approximate surface area is 117 Å². The maximum atomic E-state index is 11.3. The van der Waals surface area contributed by atoms with Crippen molar-refractivity contribution in [2.75, 3.05) is 23.5 Å². The molecule has 0 aliphatic heterocycles. The predicted molar refractivity (Wildman–Crippen MR) is 78.6 cm³/mol. The molecule has 0 spiro atoms. The molecular formula is C12H13N3O2S2. The van der Waals surface area contributed by atoms with Gasteiger partial charge in [-0.15, -0.1) is 11.3 Å². The van der Waals surface area contributed by atoms with Crippen LogP contribution in [-0.4, -0.2) is 28.9 Å². The minimum Gasteiger partial charge on any atom is -0.330 e. The summed E-state index contributed by atoms with van der Waals surface area (Å²) in [4.78, 5) is 16.6. The zero-order valence-electron chi connectivity index (χ0n) is 10.5. The van der Waals surface area contributed by atoms with Gasteiger partial charge in [-0.2, -0.15) is 0 Å². The van der Waals surface area contributed by atoms with Gasteiger partial charge in [-0.1, -0.05) is 12.1 Å². The molecule has 19 heavy (non-hydrogen) atoms. The third kappa shape index (κ3) is 3.18. The lowest BCUT2D eigenvalue weighted by Gasteiger charge is -2.15. The van der Waals surface area contributed by atoms with Crippen molar-refractivity contribution < 1.29 is 9.00 Å². The molecular weight excluding hydrogens is 282 g/mol. The third-order valence-corrected chi connectivity index (χ3v) is 4.17. The van der Waals surface area contributed by atoms with Crippen LogP contribution in [0.1, 0.15) is 0 Å². The second kappa shape index (κ2) is 5.94. The fraction of sp³-hybridized carbons (Fsp3) is 0.167. The Hall–Kier alpha value is -1.73. The van der Waals surface area contributed by atoms with Gasteiger partial charge in [0.15, 0.2) is 5.13 Å². The summed E-state index contributed by atoms with van der Waals surface area (Å²) in [6.45, 7) is 0. The first-order valence-electron chi connectivity index (χ1n) is 5.45. The Morgan fingerprint density at radius 1 is 1.42 bits per heavy atom. The van der Waals surface area contributed by atoms with Crippen LogP contribution in [0.25, 0.3) is 0 Å². The minimum absolute atomic E-state index is 0.550. The zero-order chi connectivity index (χ0) is 13.8. The van der Waals surface area contributed by atoms with Crippen molar-refractivity contribution >= 4 is 45.1 Å². The predicted octanol–water partition coefficient (Wildman–Crippen LogP) is 2.22. The molecule has 100 valence electrons. The number of hydrogen-bond donors (Lipinski definition) is 1. The lowest BCUT2D eigenvalue weighted by molar-refractivity contribution is -0.107. The first-order valence-corrected chi connectivity index (χ1v) is 7.88. The van der Waals surface area contributed by atoms with Crippen LogP contribution in [0.2, 0.25) is 0 Å². The average Bonchev–Trinajstić information content (AvgIpc) is 2.87. The molecule has 1 atom stereocenters. The average molecular weight is 295 g/mol. The van der Waals surface area contributed by atoms with Gasteiger partial charge in [0, 0.05) is 18.7 Å². The summed E-state index contributed by atoms with van der Waals surface area (Å²) < 4.78 is 11.3. The molecule has 0 bridgehead atoms. The molecule has 0 fully saturated rings. The summed E-state index contributed by atoms with van der Waals surface area (Å²) in [5.41, 5.74) is 1.53. The van der Waals surface area contributed by atoms with Crippen molar-refractivity contribution in [3.63, 3.8) is 0 Å². The molecule has 0 saturated heterocycles. The number of carbonyl (C=O) groups excluding carboxylic acids is 1. The van der Waals surface area contributed by atoms with Gasteiger partial charge >= 0.3 is 0 Å². The molecule has 1 unspecified atom stereocenters. The highest BCUT2D eigenvalue weighted by atomic mass is 32.2. The quantitative estimate of drug-likeness (QED) is 0.859. The molecule has 2 rings (SSSR count). The fourth-order valence-corrected chi connectivity index (χ4v) is 3.06. The second-order valence-corrected chi connectivity index (χ2v) is 5.99. The van der Waals surface area contributed by atoms with Crippen molar-refractivity contribution in [3.8, 4) is 0 Å². The molecule has 0 saturated carbocycles. The Morgan fingerprint density at radius 2 is 2.16 bits per heavy atom. The van der Waals surface area contributed by atoms with Crippen LogP contribution >= 0.6 is 11.3 Å². The zero-order valence-corrected chi connectivity index (χ0v) is 12.1. The van der Waals surface area contributed by atoms with E-state index in [-0.39, 0.29) is 0 Å². The number of benzene rings is 1. The number of para-hydroxylation sites is 2. The Morgan fingerprint density at radius 3 is 2.79 bits per heavy atom. The first kappa shape index (κ1) is 13.7. The van der Waals surface area contributed by atoms with E-state index in [0.29, 0.717) is 10.2 Å². The summed E-state index contributed by atoms with van der Waals surface area (Å²) in [7, 11) is 0.593. The summed E-state index contributed by atoms with van der Waals surface area (Å²) in [5.74, 6) is 0. The molecule has 5 nitrogen and oxygen atoms in total. The Balaban J connectivity index is 2.27. The number of nitrogens with zero attached hydrogens (tertiary/aromatic N) is 2. The monoisotopic (exact) mass is 295 g/mol. The summed E-state index contributed by atoms with van der Waals surface area (Å²) in [6, 6.07) is 7.43. The lowest BCUT2D eigenvalue weighted by Crippen LogP contribution is -2.15. The van der Waals surface area contributed by atoms with Gasteiger partial charge < -0.3 is 10.2 Å². The van der Waals surface area contributed by atoms with Crippen molar-refractivity contribution in [2.45, 2.75) is 5.03 Å². The van der Waals surface area contributed by atoms with E-state index in [1.807, 2.05) is 24.3 Å². The van der Waals surface area contributed by atoms with Crippen molar-refractivity contribution in [1.82, 2.24) is 4.98 Å². The number of rotatable bonds is 5. The standard InChI is InChI=1S/C12H13N3O2S2/c1-15(8-16)10-6-4-3-5-9(10)13-12-14-11(7-18-12)19(2)17/h3-8H,1-2H3,(H,13,14). The van der Waals surface area contributed by atoms with E-state index in [4.69, 9.17) is 0 Å². The molecule has 0 aliphatic rings. The molecule has 7 heteroatoms. The number of hydrogen-bond acceptors (Lipinski definition) is 5. The number of carbonyl (C=O) groups is 1. The topological polar surface area (TPSA) is 62.3 Å². The van der Waals surface area contributed by atoms with Crippen LogP contribution in [0.3, 0.4) is 0 Å². The molecule has 1 amide bonds. The van der Waals surface area contributed by atoms with Gasteiger partial charge in [0.2, 0.25) is 6.41 Å². The molecule has 0 aliphatic carbocycles. The largest absolute Gasteiger partial charge is 0.330 e. The van der Waals surface area contributed by atoms with Crippen molar-refractivity contribution in [2.24, 2.45) is 0 Å². The smallest absolute Gasteiger partial charge is 0.213 e. The highest BCUT2D eigenvalue weighted by Gasteiger charge is 2.09. The molecule has 1 heterocycles. The highest BCUT2D eigenvalue weighted by Crippen LogP contribution is 2.29. The van der Waals surface area contributed by atoms with Crippen LogP contribution in [0.15, 0.2) is 34.7 Å². The van der Waals surface area contributed by atoms with E-state index in [1.54, 1.807) is 18.7 Å². The van der Waals surface area contributed by atoms with Crippen LogP contribution in [0.4, 0.5) is 16.5 Å². The fourth-order valence-electron chi connectivity index (χ4n) is 1.51. The minimum atomic E-state index is -1.09. The molecule has 0 radical (unpaired) electrons. The van der Waals surface area contributed by atoms with Crippen LogP contribution in [-0.2, 0) is 15.6 Å². The van der Waals surface area contributed by atoms with E-state index in [1.165, 1.54) is 16.2 Å². The van der Waals surface area contributed by atoms with Gasteiger partial charge in [0.1, 0.15) is 5.03 Å². The second-order valence-electron chi connectivity index (χ2n) is 3.80. The third-order valence-electron chi connectivity index (χ3n) is 2.46. The summed E-state index contributed by atoms with van der Waals surface area (Å²) in [5, 5.41) is 6.09. The van der Waals surface area contributed by atoms with Crippen molar-refractivity contribution in [1.29, 1.82) is 0 Å². The Bertz CT molecular complexity index is 613.